The number of methoxy groups -OCH3 is 2. The summed E-state index contributed by atoms with van der Waals surface area (Å²) in [6.45, 7) is 1.06. The first-order valence-corrected chi connectivity index (χ1v) is 6.97. The molecule has 0 aliphatic carbocycles. The van der Waals surface area contributed by atoms with Crippen LogP contribution in [0.25, 0.3) is 6.08 Å². The Morgan fingerprint density at radius 3 is 2.45 bits per heavy atom. The predicted molar refractivity (Wildman–Crippen MR) is 86.3 cm³/mol. The van der Waals surface area contributed by atoms with Crippen LogP contribution in [0.5, 0.6) is 17.2 Å². The number of phenolic OH excluding ortho intramolecular Hbond substituents is 1. The van der Waals surface area contributed by atoms with Crippen molar-refractivity contribution in [3.8, 4) is 17.2 Å². The van der Waals surface area contributed by atoms with Gasteiger partial charge >= 0.3 is 0 Å². The number of hydrogen-bond acceptors (Lipinski definition) is 4. The molecule has 22 heavy (non-hydrogen) atoms. The Morgan fingerprint density at radius 2 is 1.77 bits per heavy atom. The Bertz CT molecular complexity index is 617. The van der Waals surface area contributed by atoms with Crippen LogP contribution in [0.1, 0.15) is 11.1 Å². The van der Waals surface area contributed by atoms with E-state index in [2.05, 4.69) is 0 Å². The summed E-state index contributed by atoms with van der Waals surface area (Å²) in [5.41, 5.74) is 2.04. The molecule has 0 aromatic heterocycles. The van der Waals surface area contributed by atoms with E-state index in [9.17, 15) is 5.11 Å². The summed E-state index contributed by atoms with van der Waals surface area (Å²) >= 11 is 0. The van der Waals surface area contributed by atoms with E-state index in [1.54, 1.807) is 19.2 Å². The Labute approximate surface area is 130 Å². The molecule has 0 bridgehead atoms. The highest BCUT2D eigenvalue weighted by Crippen LogP contribution is 2.26. The highest BCUT2D eigenvalue weighted by molar-refractivity contribution is 5.55. The van der Waals surface area contributed by atoms with Crippen LogP contribution in [0, 0.1) is 0 Å². The second-order valence-corrected chi connectivity index (χ2v) is 4.70. The standard InChI is InChI=1S/C18H20O4/c1-20-16-8-5-15(6-9-16)13-22-11-3-4-14-7-10-17(19)18(12-14)21-2/h3-10,12,19H,11,13H2,1-2H3/b4-3+. The van der Waals surface area contributed by atoms with Gasteiger partial charge in [0.05, 0.1) is 27.4 Å². The van der Waals surface area contributed by atoms with E-state index < -0.39 is 0 Å². The van der Waals surface area contributed by atoms with Crippen molar-refractivity contribution in [3.05, 3.63) is 59.7 Å². The first-order chi connectivity index (χ1) is 10.7. The van der Waals surface area contributed by atoms with E-state index in [0.29, 0.717) is 19.0 Å². The minimum atomic E-state index is 0.135. The molecule has 0 aliphatic heterocycles. The van der Waals surface area contributed by atoms with Crippen LogP contribution in [0.15, 0.2) is 48.5 Å². The SMILES string of the molecule is COc1ccc(COC/C=C/c2ccc(O)c(OC)c2)cc1. The highest BCUT2D eigenvalue weighted by Gasteiger charge is 2.00. The first-order valence-electron chi connectivity index (χ1n) is 6.97. The molecule has 0 saturated carbocycles. The topological polar surface area (TPSA) is 47.9 Å². The number of hydrogen-bond donors (Lipinski definition) is 1. The minimum Gasteiger partial charge on any atom is -0.504 e. The zero-order valence-corrected chi connectivity index (χ0v) is 12.8. The normalized spacial score (nSPS) is 10.8. The van der Waals surface area contributed by atoms with Crippen LogP contribution in [-0.2, 0) is 11.3 Å². The minimum absolute atomic E-state index is 0.135. The number of rotatable bonds is 7. The molecule has 0 radical (unpaired) electrons. The average molecular weight is 300 g/mol. The van der Waals surface area contributed by atoms with Crippen LogP contribution in [0.2, 0.25) is 0 Å². The maximum absolute atomic E-state index is 9.53. The lowest BCUT2D eigenvalue weighted by molar-refractivity contribution is 0.149. The molecular weight excluding hydrogens is 280 g/mol. The fourth-order valence-corrected chi connectivity index (χ4v) is 1.95. The van der Waals surface area contributed by atoms with Crippen molar-refractivity contribution < 1.29 is 19.3 Å². The second kappa shape index (κ2) is 8.10. The van der Waals surface area contributed by atoms with Crippen molar-refractivity contribution in [1.82, 2.24) is 0 Å². The monoisotopic (exact) mass is 300 g/mol. The molecule has 0 saturated heterocycles. The van der Waals surface area contributed by atoms with Gasteiger partial charge in [-0.2, -0.15) is 0 Å². The number of phenols is 1. The molecule has 4 nitrogen and oxygen atoms in total. The molecule has 0 fully saturated rings. The van der Waals surface area contributed by atoms with E-state index in [-0.39, 0.29) is 5.75 Å². The number of ether oxygens (including phenoxy) is 3. The van der Waals surface area contributed by atoms with E-state index in [0.717, 1.165) is 16.9 Å². The van der Waals surface area contributed by atoms with Crippen molar-refractivity contribution in [3.63, 3.8) is 0 Å². The summed E-state index contributed by atoms with van der Waals surface area (Å²) in [7, 11) is 3.18. The number of benzene rings is 2. The van der Waals surface area contributed by atoms with E-state index in [1.165, 1.54) is 7.11 Å². The molecule has 0 unspecified atom stereocenters. The predicted octanol–water partition coefficient (Wildman–Crippen LogP) is 3.64. The molecule has 2 aromatic rings. The van der Waals surface area contributed by atoms with E-state index >= 15 is 0 Å². The van der Waals surface area contributed by atoms with E-state index in [4.69, 9.17) is 14.2 Å². The summed E-state index contributed by atoms with van der Waals surface area (Å²) in [6.07, 6.45) is 3.85. The Hall–Kier alpha value is -2.46. The van der Waals surface area contributed by atoms with Crippen LogP contribution in [0.3, 0.4) is 0 Å². The van der Waals surface area contributed by atoms with Gasteiger partial charge in [0.2, 0.25) is 0 Å². The molecule has 0 amide bonds. The molecule has 116 valence electrons. The van der Waals surface area contributed by atoms with Crippen LogP contribution in [-0.4, -0.2) is 25.9 Å². The molecule has 0 heterocycles. The van der Waals surface area contributed by atoms with E-state index in [1.807, 2.05) is 42.5 Å². The number of aromatic hydroxyl groups is 1. The van der Waals surface area contributed by atoms with Gasteiger partial charge in [-0.3, -0.25) is 0 Å². The third kappa shape index (κ3) is 4.53. The van der Waals surface area contributed by atoms with Gasteiger partial charge in [0.15, 0.2) is 11.5 Å². The quantitative estimate of drug-likeness (QED) is 0.793. The van der Waals surface area contributed by atoms with Gasteiger partial charge in [-0.05, 0) is 35.4 Å². The molecule has 0 spiro atoms. The highest BCUT2D eigenvalue weighted by atomic mass is 16.5. The summed E-state index contributed by atoms with van der Waals surface area (Å²) in [5.74, 6) is 1.43. The fraction of sp³-hybridized carbons (Fsp3) is 0.222. The van der Waals surface area contributed by atoms with Crippen molar-refractivity contribution in [2.75, 3.05) is 20.8 Å². The summed E-state index contributed by atoms with van der Waals surface area (Å²) in [6, 6.07) is 13.0. The molecule has 4 heteroatoms. The van der Waals surface area contributed by atoms with Crippen LogP contribution < -0.4 is 9.47 Å². The lowest BCUT2D eigenvalue weighted by Gasteiger charge is -2.04. The molecule has 1 N–H and O–H groups in total. The summed E-state index contributed by atoms with van der Waals surface area (Å²) in [4.78, 5) is 0. The Kier molecular flexibility index (Phi) is 5.86. The third-order valence-corrected chi connectivity index (χ3v) is 3.16. The Morgan fingerprint density at radius 1 is 1.00 bits per heavy atom. The summed E-state index contributed by atoms with van der Waals surface area (Å²) in [5, 5.41) is 9.53. The fourth-order valence-electron chi connectivity index (χ4n) is 1.95. The largest absolute Gasteiger partial charge is 0.504 e. The van der Waals surface area contributed by atoms with Gasteiger partial charge in [0.1, 0.15) is 5.75 Å². The van der Waals surface area contributed by atoms with Crippen LogP contribution in [0.4, 0.5) is 0 Å². The first kappa shape index (κ1) is 15.9. The van der Waals surface area contributed by atoms with Gasteiger partial charge < -0.3 is 19.3 Å². The lowest BCUT2D eigenvalue weighted by Crippen LogP contribution is -1.93. The zero-order chi connectivity index (χ0) is 15.8. The second-order valence-electron chi connectivity index (χ2n) is 4.70. The molecular formula is C18H20O4. The van der Waals surface area contributed by atoms with Gasteiger partial charge in [-0.25, -0.2) is 0 Å². The summed E-state index contributed by atoms with van der Waals surface area (Å²) < 4.78 is 15.8. The average Bonchev–Trinajstić information content (AvgIpc) is 2.56. The van der Waals surface area contributed by atoms with Crippen molar-refractivity contribution in [2.24, 2.45) is 0 Å². The van der Waals surface area contributed by atoms with Gasteiger partial charge in [-0.1, -0.05) is 30.4 Å². The zero-order valence-electron chi connectivity index (χ0n) is 12.8. The van der Waals surface area contributed by atoms with Crippen molar-refractivity contribution in [1.29, 1.82) is 0 Å². The lowest BCUT2D eigenvalue weighted by atomic mass is 10.2. The molecule has 2 rings (SSSR count). The van der Waals surface area contributed by atoms with Gasteiger partial charge in [0.25, 0.3) is 0 Å². The van der Waals surface area contributed by atoms with Crippen molar-refractivity contribution >= 4 is 6.08 Å². The smallest absolute Gasteiger partial charge is 0.161 e. The molecule has 2 aromatic carbocycles. The Balaban J connectivity index is 1.80. The van der Waals surface area contributed by atoms with Crippen LogP contribution >= 0.6 is 0 Å². The van der Waals surface area contributed by atoms with Gasteiger partial charge in [-0.15, -0.1) is 0 Å². The maximum Gasteiger partial charge on any atom is 0.161 e. The third-order valence-electron chi connectivity index (χ3n) is 3.16. The van der Waals surface area contributed by atoms with Gasteiger partial charge in [0, 0.05) is 0 Å². The maximum atomic E-state index is 9.53. The van der Waals surface area contributed by atoms with Crippen molar-refractivity contribution in [2.45, 2.75) is 6.61 Å². The molecule has 0 aliphatic rings. The molecule has 0 atom stereocenters.